The molecule has 0 saturated heterocycles. The second-order valence-electron chi connectivity index (χ2n) is 8.23. The molecule has 4 aromatic carbocycles. The van der Waals surface area contributed by atoms with E-state index >= 15 is 0 Å². The summed E-state index contributed by atoms with van der Waals surface area (Å²) in [7, 11) is 0. The average molecular weight is 476 g/mol. The lowest BCUT2D eigenvalue weighted by Gasteiger charge is -2.09. The van der Waals surface area contributed by atoms with E-state index in [0.717, 1.165) is 33.9 Å². The van der Waals surface area contributed by atoms with Gasteiger partial charge >= 0.3 is 0 Å². The summed E-state index contributed by atoms with van der Waals surface area (Å²) in [6, 6.07) is 30.1. The van der Waals surface area contributed by atoms with Gasteiger partial charge in [0.05, 0.1) is 17.1 Å². The minimum Gasteiger partial charge on any atom is -0.489 e. The molecule has 0 aliphatic carbocycles. The van der Waals surface area contributed by atoms with Crippen LogP contribution in [-0.4, -0.2) is 22.7 Å². The number of fused-ring (bicyclic) bond motifs is 2. The molecule has 7 heteroatoms. The number of para-hydroxylation sites is 1. The minimum absolute atomic E-state index is 0.223. The van der Waals surface area contributed by atoms with Gasteiger partial charge in [-0.25, -0.2) is 4.98 Å². The maximum Gasteiger partial charge on any atom is 0.282 e. The highest BCUT2D eigenvalue weighted by atomic mass is 16.7. The van der Waals surface area contributed by atoms with Crippen LogP contribution in [0, 0.1) is 0 Å². The largest absolute Gasteiger partial charge is 0.489 e. The Balaban J connectivity index is 1.24. The molecule has 176 valence electrons. The summed E-state index contributed by atoms with van der Waals surface area (Å²) in [4.78, 5) is 18.0. The smallest absolute Gasteiger partial charge is 0.282 e. The molecule has 0 N–H and O–H groups in total. The summed E-state index contributed by atoms with van der Waals surface area (Å²) in [6.45, 7) is 0.652. The predicted octanol–water partition coefficient (Wildman–Crippen LogP) is 5.25. The van der Waals surface area contributed by atoms with Crippen LogP contribution < -0.4 is 19.8 Å². The van der Waals surface area contributed by atoms with Crippen molar-refractivity contribution in [3.8, 4) is 28.6 Å². The van der Waals surface area contributed by atoms with E-state index in [2.05, 4.69) is 5.10 Å². The summed E-state index contributed by atoms with van der Waals surface area (Å²) in [5, 5.41) is 5.02. The first kappa shape index (κ1) is 21.6. The normalized spacial score (nSPS) is 12.3. The van der Waals surface area contributed by atoms with Crippen LogP contribution in [0.15, 0.2) is 107 Å². The van der Waals surface area contributed by atoms with Gasteiger partial charge in [-0.2, -0.15) is 9.78 Å². The molecule has 0 saturated carbocycles. The Morgan fingerprint density at radius 1 is 0.889 bits per heavy atom. The average Bonchev–Trinajstić information content (AvgIpc) is 3.40. The van der Waals surface area contributed by atoms with E-state index in [4.69, 9.17) is 19.2 Å². The Bertz CT molecular complexity index is 1630. The molecule has 7 nitrogen and oxygen atoms in total. The molecule has 2 heterocycles. The van der Waals surface area contributed by atoms with Crippen molar-refractivity contribution >= 4 is 17.1 Å². The molecule has 5 aromatic rings. The van der Waals surface area contributed by atoms with Gasteiger partial charge in [0, 0.05) is 5.56 Å². The highest BCUT2D eigenvalue weighted by Gasteiger charge is 2.14. The zero-order valence-electron chi connectivity index (χ0n) is 19.2. The summed E-state index contributed by atoms with van der Waals surface area (Å²) in [5.74, 6) is 2.69. The fourth-order valence-electron chi connectivity index (χ4n) is 3.98. The first-order chi connectivity index (χ1) is 17.7. The summed E-state index contributed by atoms with van der Waals surface area (Å²) in [6.07, 6.45) is 1.64. The Labute approximate surface area is 206 Å². The van der Waals surface area contributed by atoms with Gasteiger partial charge in [-0.1, -0.05) is 48.5 Å². The number of nitrogens with zero attached hydrogens (tertiary/aromatic N) is 3. The van der Waals surface area contributed by atoms with Crippen LogP contribution in [0.2, 0.25) is 0 Å². The monoisotopic (exact) mass is 475 g/mol. The first-order valence-corrected chi connectivity index (χ1v) is 11.5. The highest BCUT2D eigenvalue weighted by molar-refractivity contribution is 5.82. The predicted molar refractivity (Wildman–Crippen MR) is 138 cm³/mol. The molecular formula is C29H21N3O4. The lowest BCUT2D eigenvalue weighted by Crippen LogP contribution is -2.20. The molecule has 0 atom stereocenters. The number of benzene rings is 4. The Morgan fingerprint density at radius 3 is 2.53 bits per heavy atom. The third kappa shape index (κ3) is 4.30. The second kappa shape index (κ2) is 9.38. The Hall–Kier alpha value is -4.91. The molecule has 0 spiro atoms. The summed E-state index contributed by atoms with van der Waals surface area (Å²) < 4.78 is 18.0. The van der Waals surface area contributed by atoms with E-state index in [-0.39, 0.29) is 12.4 Å². The zero-order chi connectivity index (χ0) is 24.3. The topological polar surface area (TPSA) is 74.9 Å². The number of rotatable bonds is 6. The lowest BCUT2D eigenvalue weighted by molar-refractivity contribution is 0.174. The maximum atomic E-state index is 13.3. The van der Waals surface area contributed by atoms with Crippen LogP contribution in [0.5, 0.6) is 17.2 Å². The highest BCUT2D eigenvalue weighted by Crippen LogP contribution is 2.32. The van der Waals surface area contributed by atoms with Crippen molar-refractivity contribution < 1.29 is 14.2 Å². The van der Waals surface area contributed by atoms with Crippen LogP contribution in [-0.2, 0) is 6.61 Å². The van der Waals surface area contributed by atoms with Gasteiger partial charge in [0.2, 0.25) is 6.79 Å². The minimum atomic E-state index is -0.223. The fourth-order valence-corrected chi connectivity index (χ4v) is 3.98. The van der Waals surface area contributed by atoms with Crippen molar-refractivity contribution in [3.05, 3.63) is 119 Å². The zero-order valence-corrected chi connectivity index (χ0v) is 19.2. The molecule has 1 aromatic heterocycles. The van der Waals surface area contributed by atoms with Gasteiger partial charge in [-0.3, -0.25) is 4.79 Å². The van der Waals surface area contributed by atoms with E-state index in [1.54, 1.807) is 12.3 Å². The van der Waals surface area contributed by atoms with Gasteiger partial charge in [0.25, 0.3) is 5.56 Å². The number of aromatic nitrogens is 2. The van der Waals surface area contributed by atoms with Crippen LogP contribution in [0.3, 0.4) is 0 Å². The van der Waals surface area contributed by atoms with E-state index in [0.29, 0.717) is 23.3 Å². The SMILES string of the molecule is O=c1c2ccccc2nc(-c2ccccc2)n1N=Cc1ccc(OCc2ccc3c(c2)OCO3)cc1. The molecule has 0 bridgehead atoms. The van der Waals surface area contributed by atoms with Crippen molar-refractivity contribution in [2.24, 2.45) is 5.10 Å². The fraction of sp³-hybridized carbons (Fsp3) is 0.0690. The van der Waals surface area contributed by atoms with Crippen molar-refractivity contribution in [2.45, 2.75) is 6.61 Å². The summed E-state index contributed by atoms with van der Waals surface area (Å²) in [5.41, 5.74) is 3.03. The molecule has 1 aliphatic heterocycles. The van der Waals surface area contributed by atoms with Crippen molar-refractivity contribution in [1.82, 2.24) is 9.66 Å². The van der Waals surface area contributed by atoms with Crippen LogP contribution in [0.25, 0.3) is 22.3 Å². The Kier molecular flexibility index (Phi) is 5.63. The molecule has 0 amide bonds. The third-order valence-corrected chi connectivity index (χ3v) is 5.83. The molecular weight excluding hydrogens is 454 g/mol. The molecule has 6 rings (SSSR count). The van der Waals surface area contributed by atoms with Crippen molar-refractivity contribution in [3.63, 3.8) is 0 Å². The van der Waals surface area contributed by atoms with Gasteiger partial charge < -0.3 is 14.2 Å². The van der Waals surface area contributed by atoms with E-state index in [1.165, 1.54) is 4.68 Å². The van der Waals surface area contributed by atoms with Crippen molar-refractivity contribution in [1.29, 1.82) is 0 Å². The molecule has 36 heavy (non-hydrogen) atoms. The number of hydrogen-bond acceptors (Lipinski definition) is 6. The number of ether oxygens (including phenoxy) is 3. The standard InChI is InChI=1S/C29H21N3O4/c33-29-24-8-4-5-9-25(24)31-28(22-6-2-1-3-7-22)32(29)30-17-20-10-13-23(14-11-20)34-18-21-12-15-26-27(16-21)36-19-35-26/h1-17H,18-19H2. The molecule has 0 fully saturated rings. The lowest BCUT2D eigenvalue weighted by atomic mass is 10.2. The van der Waals surface area contributed by atoms with E-state index < -0.39 is 0 Å². The quantitative estimate of drug-likeness (QED) is 0.314. The maximum absolute atomic E-state index is 13.3. The van der Waals surface area contributed by atoms with E-state index in [1.807, 2.05) is 91.0 Å². The van der Waals surface area contributed by atoms with Gasteiger partial charge in [-0.15, -0.1) is 0 Å². The third-order valence-electron chi connectivity index (χ3n) is 5.83. The van der Waals surface area contributed by atoms with Crippen LogP contribution in [0.1, 0.15) is 11.1 Å². The second-order valence-corrected chi connectivity index (χ2v) is 8.23. The Morgan fingerprint density at radius 2 is 1.67 bits per heavy atom. The summed E-state index contributed by atoms with van der Waals surface area (Å²) >= 11 is 0. The van der Waals surface area contributed by atoms with Gasteiger partial charge in [0.1, 0.15) is 12.4 Å². The van der Waals surface area contributed by atoms with Crippen LogP contribution >= 0.6 is 0 Å². The van der Waals surface area contributed by atoms with Crippen molar-refractivity contribution in [2.75, 3.05) is 6.79 Å². The molecule has 0 radical (unpaired) electrons. The van der Waals surface area contributed by atoms with Crippen LogP contribution in [0.4, 0.5) is 0 Å². The first-order valence-electron chi connectivity index (χ1n) is 11.5. The molecule has 0 unspecified atom stereocenters. The number of hydrogen-bond donors (Lipinski definition) is 0. The molecule has 1 aliphatic rings. The van der Waals surface area contributed by atoms with Gasteiger partial charge in [-0.05, 0) is 59.7 Å². The van der Waals surface area contributed by atoms with E-state index in [9.17, 15) is 4.79 Å². The van der Waals surface area contributed by atoms with Gasteiger partial charge in [0.15, 0.2) is 17.3 Å².